The van der Waals surface area contributed by atoms with Gasteiger partial charge < -0.3 is 4.74 Å². The first kappa shape index (κ1) is 17.7. The molecule has 0 spiro atoms. The van der Waals surface area contributed by atoms with Crippen molar-refractivity contribution in [3.63, 3.8) is 0 Å². The van der Waals surface area contributed by atoms with Crippen LogP contribution in [-0.2, 0) is 9.59 Å². The smallest absolute Gasteiger partial charge is 0.253 e. The Morgan fingerprint density at radius 3 is 2.36 bits per heavy atom. The minimum Gasteiger partial charge on any atom is -0.497 e. The molecular formula is C21H20ClN3O3. The van der Waals surface area contributed by atoms with Crippen LogP contribution in [0.15, 0.2) is 48.5 Å². The number of halogens is 1. The van der Waals surface area contributed by atoms with Crippen LogP contribution < -0.4 is 9.64 Å². The standard InChI is InChI=1S/C21H20ClN3O3/c1-28-16-8-6-13(7-9-16)18-17-19(24-11-3-10-23(18)24)21(27)25(20(17)26)15-5-2-4-14(22)12-15/h2,4-9,12,17-19H,3,10-11H2,1H3/t17-,18+,19+/m0/s1. The van der Waals surface area contributed by atoms with E-state index < -0.39 is 12.0 Å². The lowest BCUT2D eigenvalue weighted by atomic mass is 9.90. The van der Waals surface area contributed by atoms with E-state index in [9.17, 15) is 9.59 Å². The molecule has 3 aliphatic heterocycles. The summed E-state index contributed by atoms with van der Waals surface area (Å²) < 4.78 is 5.26. The van der Waals surface area contributed by atoms with Crippen molar-refractivity contribution in [3.05, 3.63) is 59.1 Å². The summed E-state index contributed by atoms with van der Waals surface area (Å²) in [5.74, 6) is 0.0128. The summed E-state index contributed by atoms with van der Waals surface area (Å²) in [6, 6.07) is 14.1. The van der Waals surface area contributed by atoms with E-state index in [4.69, 9.17) is 16.3 Å². The number of fused-ring (bicyclic) bond motifs is 3. The van der Waals surface area contributed by atoms with Crippen molar-refractivity contribution in [1.82, 2.24) is 10.0 Å². The van der Waals surface area contributed by atoms with Gasteiger partial charge in [0.2, 0.25) is 5.91 Å². The maximum absolute atomic E-state index is 13.4. The zero-order valence-electron chi connectivity index (χ0n) is 15.4. The van der Waals surface area contributed by atoms with Crippen LogP contribution >= 0.6 is 11.6 Å². The normalized spacial score (nSPS) is 27.4. The summed E-state index contributed by atoms with van der Waals surface area (Å²) in [7, 11) is 1.63. The van der Waals surface area contributed by atoms with E-state index in [1.807, 2.05) is 24.3 Å². The van der Waals surface area contributed by atoms with Gasteiger partial charge in [-0.05, 0) is 42.3 Å². The van der Waals surface area contributed by atoms with Gasteiger partial charge in [-0.25, -0.2) is 14.9 Å². The summed E-state index contributed by atoms with van der Waals surface area (Å²) >= 11 is 6.10. The molecule has 144 valence electrons. The van der Waals surface area contributed by atoms with E-state index in [-0.39, 0.29) is 17.9 Å². The van der Waals surface area contributed by atoms with Gasteiger partial charge in [-0.15, -0.1) is 0 Å². The number of hydrogen-bond acceptors (Lipinski definition) is 5. The van der Waals surface area contributed by atoms with Crippen LogP contribution in [0.2, 0.25) is 5.02 Å². The molecule has 3 saturated heterocycles. The minimum atomic E-state index is -0.457. The fourth-order valence-corrected chi connectivity index (χ4v) is 4.97. The first-order valence-electron chi connectivity index (χ1n) is 9.40. The molecule has 3 aliphatic rings. The van der Waals surface area contributed by atoms with E-state index in [0.717, 1.165) is 30.8 Å². The van der Waals surface area contributed by atoms with Gasteiger partial charge >= 0.3 is 0 Å². The van der Waals surface area contributed by atoms with Gasteiger partial charge in [0.25, 0.3) is 5.91 Å². The van der Waals surface area contributed by atoms with Gasteiger partial charge in [-0.1, -0.05) is 29.8 Å². The summed E-state index contributed by atoms with van der Waals surface area (Å²) in [6.45, 7) is 1.64. The Bertz CT molecular complexity index is 948. The van der Waals surface area contributed by atoms with Crippen LogP contribution in [-0.4, -0.2) is 48.1 Å². The Morgan fingerprint density at radius 2 is 1.68 bits per heavy atom. The Hall–Kier alpha value is -2.41. The first-order chi connectivity index (χ1) is 13.6. The fraction of sp³-hybridized carbons (Fsp3) is 0.333. The third kappa shape index (κ3) is 2.49. The monoisotopic (exact) mass is 397 g/mol. The van der Waals surface area contributed by atoms with Crippen molar-refractivity contribution in [3.8, 4) is 5.75 Å². The highest BCUT2D eigenvalue weighted by atomic mass is 35.5. The molecule has 0 radical (unpaired) electrons. The van der Waals surface area contributed by atoms with Gasteiger partial charge in [0.15, 0.2) is 0 Å². The lowest BCUT2D eigenvalue weighted by Gasteiger charge is -2.29. The van der Waals surface area contributed by atoms with Gasteiger partial charge in [0.05, 0.1) is 24.8 Å². The van der Waals surface area contributed by atoms with Gasteiger partial charge in [0.1, 0.15) is 11.8 Å². The van der Waals surface area contributed by atoms with E-state index >= 15 is 0 Å². The lowest BCUT2D eigenvalue weighted by Crippen LogP contribution is -2.44. The highest BCUT2D eigenvalue weighted by Gasteiger charge is 2.62. The number of hydrazine groups is 1. The summed E-state index contributed by atoms with van der Waals surface area (Å²) in [5, 5.41) is 4.79. The molecular weight excluding hydrogens is 378 g/mol. The van der Waals surface area contributed by atoms with Crippen LogP contribution in [0, 0.1) is 5.92 Å². The van der Waals surface area contributed by atoms with Crippen LogP contribution in [0.25, 0.3) is 0 Å². The Balaban J connectivity index is 1.56. The first-order valence-corrected chi connectivity index (χ1v) is 9.78. The Labute approximate surface area is 168 Å². The maximum atomic E-state index is 13.4. The molecule has 0 N–H and O–H groups in total. The SMILES string of the molecule is COc1ccc([C@@H]2[C@@H]3C(=O)N(c4cccc(Cl)c4)C(=O)[C@@H]3N3CCCN23)cc1. The third-order valence-corrected chi connectivity index (χ3v) is 6.16. The Morgan fingerprint density at radius 1 is 0.964 bits per heavy atom. The van der Waals surface area contributed by atoms with Crippen molar-refractivity contribution < 1.29 is 14.3 Å². The molecule has 0 bridgehead atoms. The van der Waals surface area contributed by atoms with Crippen LogP contribution in [0.1, 0.15) is 18.0 Å². The van der Waals surface area contributed by atoms with Crippen molar-refractivity contribution in [1.29, 1.82) is 0 Å². The number of rotatable bonds is 3. The van der Waals surface area contributed by atoms with E-state index in [1.165, 1.54) is 4.90 Å². The van der Waals surface area contributed by atoms with Crippen LogP contribution in [0.4, 0.5) is 5.69 Å². The molecule has 5 rings (SSSR count). The number of carbonyl (C=O) groups is 2. The van der Waals surface area contributed by atoms with E-state index in [1.54, 1.807) is 31.4 Å². The number of amides is 2. The lowest BCUT2D eigenvalue weighted by molar-refractivity contribution is -0.126. The summed E-state index contributed by atoms with van der Waals surface area (Å²) in [6.07, 6.45) is 0.981. The number of methoxy groups -OCH3 is 1. The highest BCUT2D eigenvalue weighted by molar-refractivity contribution is 6.31. The third-order valence-electron chi connectivity index (χ3n) is 5.93. The van der Waals surface area contributed by atoms with Crippen molar-refractivity contribution in [2.24, 2.45) is 5.92 Å². The number of benzene rings is 2. The number of carbonyl (C=O) groups excluding carboxylic acids is 2. The molecule has 0 aliphatic carbocycles. The van der Waals surface area contributed by atoms with Crippen molar-refractivity contribution >= 4 is 29.1 Å². The topological polar surface area (TPSA) is 53.1 Å². The van der Waals surface area contributed by atoms with Crippen LogP contribution in [0.5, 0.6) is 5.75 Å². The largest absolute Gasteiger partial charge is 0.497 e. The van der Waals surface area contributed by atoms with Crippen LogP contribution in [0.3, 0.4) is 0 Å². The molecule has 2 amide bonds. The zero-order valence-corrected chi connectivity index (χ0v) is 16.2. The quantitative estimate of drug-likeness (QED) is 0.745. The summed E-state index contributed by atoms with van der Waals surface area (Å²) in [5.41, 5.74) is 1.56. The average Bonchev–Trinajstić information content (AvgIpc) is 3.34. The minimum absolute atomic E-state index is 0.154. The molecule has 28 heavy (non-hydrogen) atoms. The number of ether oxygens (including phenoxy) is 1. The average molecular weight is 398 g/mol. The predicted octanol–water partition coefficient (Wildman–Crippen LogP) is 2.88. The van der Waals surface area contributed by atoms with Gasteiger partial charge in [-0.3, -0.25) is 9.59 Å². The second-order valence-electron chi connectivity index (χ2n) is 7.36. The zero-order chi connectivity index (χ0) is 19.4. The molecule has 2 aromatic carbocycles. The molecule has 3 fully saturated rings. The molecule has 6 nitrogen and oxygen atoms in total. The molecule has 0 unspecified atom stereocenters. The second kappa shape index (κ2) is 6.58. The van der Waals surface area contributed by atoms with Gasteiger partial charge in [0, 0.05) is 18.1 Å². The molecule has 0 aromatic heterocycles. The fourth-order valence-electron chi connectivity index (χ4n) is 4.78. The number of anilines is 1. The van der Waals surface area contributed by atoms with Gasteiger partial charge in [-0.2, -0.15) is 0 Å². The maximum Gasteiger partial charge on any atom is 0.253 e. The van der Waals surface area contributed by atoms with Crippen molar-refractivity contribution in [2.75, 3.05) is 25.1 Å². The molecule has 0 saturated carbocycles. The number of nitrogens with zero attached hydrogens (tertiary/aromatic N) is 3. The molecule has 7 heteroatoms. The molecule has 3 heterocycles. The molecule has 3 atom stereocenters. The van der Waals surface area contributed by atoms with E-state index in [2.05, 4.69) is 10.0 Å². The second-order valence-corrected chi connectivity index (χ2v) is 7.80. The van der Waals surface area contributed by atoms with Crippen molar-refractivity contribution in [2.45, 2.75) is 18.5 Å². The number of imide groups is 1. The summed E-state index contributed by atoms with van der Waals surface area (Å²) in [4.78, 5) is 28.0. The molecule has 2 aromatic rings. The number of hydrogen-bond donors (Lipinski definition) is 0. The van der Waals surface area contributed by atoms with E-state index in [0.29, 0.717) is 10.7 Å². The Kier molecular flexibility index (Phi) is 4.16. The predicted molar refractivity (Wildman–Crippen MR) is 105 cm³/mol. The highest BCUT2D eigenvalue weighted by Crippen LogP contribution is 2.49.